The van der Waals surface area contributed by atoms with Crippen molar-refractivity contribution in [3.8, 4) is 0 Å². The first-order chi connectivity index (χ1) is 9.22. The zero-order chi connectivity index (χ0) is 13.2. The Hall–Kier alpha value is -0.860. The number of rotatable bonds is 3. The van der Waals surface area contributed by atoms with Crippen LogP contribution in [0.3, 0.4) is 0 Å². The van der Waals surface area contributed by atoms with Gasteiger partial charge in [-0.1, -0.05) is 30.2 Å². The van der Waals surface area contributed by atoms with E-state index in [0.717, 1.165) is 43.9 Å². The molecule has 0 N–H and O–H groups in total. The molecule has 19 heavy (non-hydrogen) atoms. The van der Waals surface area contributed by atoms with Gasteiger partial charge in [0.25, 0.3) is 0 Å². The summed E-state index contributed by atoms with van der Waals surface area (Å²) in [6, 6.07) is 8.09. The highest BCUT2D eigenvalue weighted by Crippen LogP contribution is 2.31. The molecule has 1 aliphatic heterocycles. The predicted molar refractivity (Wildman–Crippen MR) is 77.4 cm³/mol. The predicted octanol–water partition coefficient (Wildman–Crippen LogP) is 3.18. The number of hydrogen-bond acceptors (Lipinski definition) is 2. The van der Waals surface area contributed by atoms with Crippen LogP contribution in [-0.2, 0) is 11.2 Å². The SMILES string of the molecule is O=C1C2CCCC1CN(CCc1ccc(Cl)cc1)C2. The first-order valence-corrected chi connectivity index (χ1v) is 7.61. The van der Waals surface area contributed by atoms with Crippen molar-refractivity contribution >= 4 is 17.4 Å². The Kier molecular flexibility index (Phi) is 3.90. The van der Waals surface area contributed by atoms with Gasteiger partial charge in [0.1, 0.15) is 5.78 Å². The fourth-order valence-electron chi connectivity index (χ4n) is 3.41. The molecule has 1 aromatic carbocycles. The van der Waals surface area contributed by atoms with Gasteiger partial charge in [-0.15, -0.1) is 0 Å². The van der Waals surface area contributed by atoms with E-state index in [2.05, 4.69) is 17.0 Å². The van der Waals surface area contributed by atoms with Crippen LogP contribution in [0.1, 0.15) is 24.8 Å². The van der Waals surface area contributed by atoms with Crippen LogP contribution < -0.4 is 0 Å². The average Bonchev–Trinajstić information content (AvgIpc) is 2.39. The minimum Gasteiger partial charge on any atom is -0.302 e. The van der Waals surface area contributed by atoms with Crippen LogP contribution in [0.15, 0.2) is 24.3 Å². The second-order valence-electron chi connectivity index (χ2n) is 5.86. The summed E-state index contributed by atoms with van der Waals surface area (Å²) < 4.78 is 0. The maximum Gasteiger partial charge on any atom is 0.141 e. The van der Waals surface area contributed by atoms with E-state index < -0.39 is 0 Å². The number of fused-ring (bicyclic) bond motifs is 2. The highest BCUT2D eigenvalue weighted by molar-refractivity contribution is 6.30. The third kappa shape index (κ3) is 3.01. The largest absolute Gasteiger partial charge is 0.302 e. The first kappa shape index (κ1) is 13.1. The molecule has 2 fully saturated rings. The average molecular weight is 278 g/mol. The van der Waals surface area contributed by atoms with E-state index in [1.54, 1.807) is 0 Å². The Bertz CT molecular complexity index is 440. The number of ketones is 1. The zero-order valence-electron chi connectivity index (χ0n) is 11.1. The van der Waals surface area contributed by atoms with E-state index in [0.29, 0.717) is 17.6 Å². The van der Waals surface area contributed by atoms with Gasteiger partial charge in [0.15, 0.2) is 0 Å². The van der Waals surface area contributed by atoms with E-state index in [1.165, 1.54) is 12.0 Å². The standard InChI is InChI=1S/C16H20ClNO/c17-15-6-4-12(5-7-15)8-9-18-10-13-2-1-3-14(11-18)16(13)19/h4-7,13-14H,1-3,8-11H2. The molecule has 2 nitrogen and oxygen atoms in total. The normalized spacial score (nSPS) is 27.5. The van der Waals surface area contributed by atoms with E-state index in [-0.39, 0.29) is 0 Å². The van der Waals surface area contributed by atoms with Crippen LogP contribution in [0.5, 0.6) is 0 Å². The molecule has 2 aliphatic rings. The van der Waals surface area contributed by atoms with Crippen LogP contribution in [0.25, 0.3) is 0 Å². The molecular formula is C16H20ClNO. The molecule has 1 aromatic rings. The summed E-state index contributed by atoms with van der Waals surface area (Å²) in [6.45, 7) is 3.01. The summed E-state index contributed by atoms with van der Waals surface area (Å²) in [4.78, 5) is 14.5. The number of Topliss-reactive ketones (excluding diaryl/α,β-unsaturated/α-hetero) is 1. The van der Waals surface area contributed by atoms with E-state index in [4.69, 9.17) is 11.6 Å². The second-order valence-corrected chi connectivity index (χ2v) is 6.30. The molecule has 1 aliphatic carbocycles. The molecule has 102 valence electrons. The lowest BCUT2D eigenvalue weighted by Crippen LogP contribution is -2.49. The molecule has 1 saturated carbocycles. The molecule has 3 rings (SSSR count). The molecule has 0 radical (unpaired) electrons. The number of halogens is 1. The topological polar surface area (TPSA) is 20.3 Å². The Labute approximate surface area is 119 Å². The van der Waals surface area contributed by atoms with Gasteiger partial charge >= 0.3 is 0 Å². The van der Waals surface area contributed by atoms with E-state index in [9.17, 15) is 4.79 Å². The molecular weight excluding hydrogens is 258 g/mol. The van der Waals surface area contributed by atoms with Gasteiger partial charge in [0, 0.05) is 36.5 Å². The van der Waals surface area contributed by atoms with Crippen molar-refractivity contribution in [2.24, 2.45) is 11.8 Å². The van der Waals surface area contributed by atoms with E-state index in [1.807, 2.05) is 12.1 Å². The summed E-state index contributed by atoms with van der Waals surface area (Å²) in [5.41, 5.74) is 1.33. The van der Waals surface area contributed by atoms with Crippen molar-refractivity contribution in [3.63, 3.8) is 0 Å². The molecule has 2 bridgehead atoms. The Morgan fingerprint density at radius 1 is 1.11 bits per heavy atom. The quantitative estimate of drug-likeness (QED) is 0.846. The zero-order valence-corrected chi connectivity index (χ0v) is 11.9. The maximum absolute atomic E-state index is 12.0. The number of benzene rings is 1. The van der Waals surface area contributed by atoms with Gasteiger partial charge in [-0.3, -0.25) is 4.79 Å². The van der Waals surface area contributed by atoms with Gasteiger partial charge in [-0.25, -0.2) is 0 Å². The minimum atomic E-state index is 0.317. The fraction of sp³-hybridized carbons (Fsp3) is 0.562. The maximum atomic E-state index is 12.0. The molecule has 3 heteroatoms. The lowest BCUT2D eigenvalue weighted by molar-refractivity contribution is -0.134. The third-order valence-corrected chi connectivity index (χ3v) is 4.75. The number of piperidine rings is 1. The van der Waals surface area contributed by atoms with Crippen LogP contribution >= 0.6 is 11.6 Å². The van der Waals surface area contributed by atoms with E-state index >= 15 is 0 Å². The van der Waals surface area contributed by atoms with Crippen LogP contribution in [0, 0.1) is 11.8 Å². The third-order valence-electron chi connectivity index (χ3n) is 4.50. The van der Waals surface area contributed by atoms with Crippen molar-refractivity contribution < 1.29 is 4.79 Å². The van der Waals surface area contributed by atoms with Crippen LogP contribution in [0.4, 0.5) is 0 Å². The van der Waals surface area contributed by atoms with Crippen LogP contribution in [0.2, 0.25) is 5.02 Å². The highest BCUT2D eigenvalue weighted by Gasteiger charge is 2.37. The monoisotopic (exact) mass is 277 g/mol. The Morgan fingerprint density at radius 3 is 2.37 bits per heavy atom. The number of likely N-dealkylation sites (tertiary alicyclic amines) is 1. The number of carbonyl (C=O) groups excluding carboxylic acids is 1. The van der Waals surface area contributed by atoms with Crippen molar-refractivity contribution in [3.05, 3.63) is 34.9 Å². The molecule has 2 unspecified atom stereocenters. The summed E-state index contributed by atoms with van der Waals surface area (Å²) >= 11 is 5.89. The molecule has 1 saturated heterocycles. The number of nitrogens with zero attached hydrogens (tertiary/aromatic N) is 1. The van der Waals surface area contributed by atoms with Gasteiger partial charge < -0.3 is 4.90 Å². The van der Waals surface area contributed by atoms with Crippen LogP contribution in [-0.4, -0.2) is 30.3 Å². The summed E-state index contributed by atoms with van der Waals surface area (Å²) in [5, 5.41) is 0.793. The van der Waals surface area contributed by atoms with Crippen molar-refractivity contribution in [2.75, 3.05) is 19.6 Å². The van der Waals surface area contributed by atoms with Gasteiger partial charge in [-0.05, 0) is 37.0 Å². The minimum absolute atomic E-state index is 0.317. The molecule has 0 amide bonds. The van der Waals surface area contributed by atoms with Gasteiger partial charge in [0.2, 0.25) is 0 Å². The van der Waals surface area contributed by atoms with Gasteiger partial charge in [0.05, 0.1) is 0 Å². The Morgan fingerprint density at radius 2 is 1.74 bits per heavy atom. The summed E-state index contributed by atoms with van der Waals surface area (Å²) in [7, 11) is 0. The van der Waals surface area contributed by atoms with Crippen molar-refractivity contribution in [1.82, 2.24) is 4.90 Å². The lowest BCUT2D eigenvalue weighted by atomic mass is 9.76. The molecule has 2 atom stereocenters. The van der Waals surface area contributed by atoms with Gasteiger partial charge in [-0.2, -0.15) is 0 Å². The number of carbonyl (C=O) groups is 1. The second kappa shape index (κ2) is 5.64. The lowest BCUT2D eigenvalue weighted by Gasteiger charge is -2.40. The molecule has 0 aromatic heterocycles. The summed E-state index contributed by atoms with van der Waals surface area (Å²) in [5.74, 6) is 1.17. The van der Waals surface area contributed by atoms with Crippen molar-refractivity contribution in [2.45, 2.75) is 25.7 Å². The molecule has 1 heterocycles. The highest BCUT2D eigenvalue weighted by atomic mass is 35.5. The fourth-order valence-corrected chi connectivity index (χ4v) is 3.54. The van der Waals surface area contributed by atoms with Crippen molar-refractivity contribution in [1.29, 1.82) is 0 Å². The summed E-state index contributed by atoms with van der Waals surface area (Å²) in [6.07, 6.45) is 4.50. The Balaban J connectivity index is 1.56. The smallest absolute Gasteiger partial charge is 0.141 e. The molecule has 0 spiro atoms. The number of hydrogen-bond donors (Lipinski definition) is 0. The first-order valence-electron chi connectivity index (χ1n) is 7.23.